The van der Waals surface area contributed by atoms with Crippen LogP contribution < -0.4 is 5.73 Å². The van der Waals surface area contributed by atoms with E-state index in [9.17, 15) is 0 Å². The second-order valence-electron chi connectivity index (χ2n) is 2.98. The Bertz CT molecular complexity index is 237. The molecular weight excluding hydrogens is 166 g/mol. The molecule has 0 fully saturated rings. The van der Waals surface area contributed by atoms with Crippen LogP contribution in [0.5, 0.6) is 0 Å². The van der Waals surface area contributed by atoms with E-state index in [1.54, 1.807) is 13.8 Å². The molecule has 0 unspecified atom stereocenters. The van der Waals surface area contributed by atoms with Crippen LogP contribution in [0.1, 0.15) is 20.8 Å². The fourth-order valence-electron chi connectivity index (χ4n) is 0.682. The number of nitrogens with zero attached hydrogens (tertiary/aromatic N) is 2. The van der Waals surface area contributed by atoms with E-state index < -0.39 is 6.10 Å². The Labute approximate surface area is 78.9 Å². The number of nitrogens with two attached hydrogens (primary N) is 1. The Kier molecular flexibility index (Phi) is 4.99. The lowest BCUT2D eigenvalue weighted by atomic mass is 10.2. The maximum Gasteiger partial charge on any atom is 0.151 e. The molecule has 0 aliphatic heterocycles. The van der Waals surface area contributed by atoms with Crippen molar-refractivity contribution in [3.8, 4) is 0 Å². The highest BCUT2D eigenvalue weighted by molar-refractivity contribution is 6.00. The normalized spacial score (nSPS) is 16.5. The summed E-state index contributed by atoms with van der Waals surface area (Å²) in [6.45, 7) is 8.97. The second kappa shape index (κ2) is 5.48. The minimum atomic E-state index is -0.470. The molecule has 0 amide bonds. The van der Waals surface area contributed by atoms with Crippen molar-refractivity contribution in [2.45, 2.75) is 26.9 Å². The van der Waals surface area contributed by atoms with Crippen LogP contribution in [0, 0.1) is 0 Å². The molecule has 0 aromatic rings. The third-order valence-corrected chi connectivity index (χ3v) is 1.58. The minimum Gasteiger partial charge on any atom is -0.402 e. The van der Waals surface area contributed by atoms with E-state index in [-0.39, 0.29) is 0 Å². The summed E-state index contributed by atoms with van der Waals surface area (Å²) < 4.78 is 0. The fraction of sp³-hybridized carbons (Fsp3) is 0.556. The summed E-state index contributed by atoms with van der Waals surface area (Å²) >= 11 is 0. The van der Waals surface area contributed by atoms with Crippen LogP contribution in [0.4, 0.5) is 0 Å². The van der Waals surface area contributed by atoms with Crippen LogP contribution in [-0.4, -0.2) is 30.3 Å². The van der Waals surface area contributed by atoms with Crippen LogP contribution in [0.25, 0.3) is 0 Å². The maximum absolute atomic E-state index is 9.00. The quantitative estimate of drug-likeness (QED) is 0.500. The molecule has 0 spiro atoms. The number of aliphatic imine (C=N–C) groups is 2. The van der Waals surface area contributed by atoms with Crippen molar-refractivity contribution in [3.63, 3.8) is 0 Å². The molecule has 4 heteroatoms. The number of amidine groups is 1. The molecule has 0 aromatic carbocycles. The maximum atomic E-state index is 9.00. The highest BCUT2D eigenvalue weighted by Gasteiger charge is 2.01. The van der Waals surface area contributed by atoms with Crippen molar-refractivity contribution in [1.82, 2.24) is 0 Å². The van der Waals surface area contributed by atoms with Gasteiger partial charge in [-0.15, -0.1) is 0 Å². The average molecular weight is 183 g/mol. The second-order valence-corrected chi connectivity index (χ2v) is 2.98. The zero-order chi connectivity index (χ0) is 10.4. The summed E-state index contributed by atoms with van der Waals surface area (Å²) in [6.07, 6.45) is -0.470. The highest BCUT2D eigenvalue weighted by atomic mass is 16.3. The topological polar surface area (TPSA) is 71.0 Å². The van der Waals surface area contributed by atoms with E-state index in [0.29, 0.717) is 18.1 Å². The van der Waals surface area contributed by atoms with E-state index in [2.05, 4.69) is 16.7 Å². The van der Waals surface area contributed by atoms with Crippen molar-refractivity contribution in [2.75, 3.05) is 6.54 Å². The lowest BCUT2D eigenvalue weighted by Gasteiger charge is -2.04. The van der Waals surface area contributed by atoms with E-state index in [0.717, 1.165) is 5.57 Å². The van der Waals surface area contributed by atoms with Crippen LogP contribution in [0.15, 0.2) is 21.3 Å². The smallest absolute Gasteiger partial charge is 0.151 e. The number of hydrogen-bond acceptors (Lipinski definition) is 3. The van der Waals surface area contributed by atoms with Crippen molar-refractivity contribution in [1.29, 1.82) is 0 Å². The van der Waals surface area contributed by atoms with Crippen molar-refractivity contribution < 1.29 is 5.11 Å². The fourth-order valence-corrected chi connectivity index (χ4v) is 0.682. The summed E-state index contributed by atoms with van der Waals surface area (Å²) in [6, 6.07) is 0. The van der Waals surface area contributed by atoms with Crippen LogP contribution in [0.3, 0.4) is 0 Å². The van der Waals surface area contributed by atoms with E-state index in [1.165, 1.54) is 0 Å². The molecule has 74 valence electrons. The first-order valence-electron chi connectivity index (χ1n) is 4.11. The van der Waals surface area contributed by atoms with Gasteiger partial charge in [0.15, 0.2) is 5.84 Å². The lowest BCUT2D eigenvalue weighted by Crippen LogP contribution is -2.10. The standard InChI is InChI=1S/C9H17N3O/c1-6(13)5-12-9(11-4)7(2)8(3)10/h6,13H,4-5,10H2,1-3H3/t6-/m1/s1. The van der Waals surface area contributed by atoms with Gasteiger partial charge in [-0.2, -0.15) is 0 Å². The zero-order valence-corrected chi connectivity index (χ0v) is 8.41. The van der Waals surface area contributed by atoms with E-state index in [1.807, 2.05) is 6.92 Å². The Morgan fingerprint density at radius 1 is 1.54 bits per heavy atom. The van der Waals surface area contributed by atoms with Crippen LogP contribution in [-0.2, 0) is 0 Å². The molecule has 0 rings (SSSR count). The summed E-state index contributed by atoms with van der Waals surface area (Å²) in [4.78, 5) is 7.79. The summed E-state index contributed by atoms with van der Waals surface area (Å²) in [5.41, 5.74) is 7.03. The number of aliphatic hydroxyl groups is 1. The van der Waals surface area contributed by atoms with Gasteiger partial charge in [-0.3, -0.25) is 4.99 Å². The first-order chi connectivity index (χ1) is 5.99. The summed E-state index contributed by atoms with van der Waals surface area (Å²) in [7, 11) is 0. The van der Waals surface area contributed by atoms with Crippen molar-refractivity contribution >= 4 is 12.6 Å². The van der Waals surface area contributed by atoms with Gasteiger partial charge in [0.2, 0.25) is 0 Å². The van der Waals surface area contributed by atoms with E-state index in [4.69, 9.17) is 10.8 Å². The predicted molar refractivity (Wildman–Crippen MR) is 56.1 cm³/mol. The van der Waals surface area contributed by atoms with Gasteiger partial charge >= 0.3 is 0 Å². The Morgan fingerprint density at radius 3 is 2.38 bits per heavy atom. The zero-order valence-electron chi connectivity index (χ0n) is 8.41. The van der Waals surface area contributed by atoms with Gasteiger partial charge in [0, 0.05) is 11.3 Å². The highest BCUT2D eigenvalue weighted by Crippen LogP contribution is 2.02. The average Bonchev–Trinajstić information content (AvgIpc) is 2.04. The van der Waals surface area contributed by atoms with Crippen molar-refractivity contribution in [3.05, 3.63) is 11.3 Å². The van der Waals surface area contributed by atoms with E-state index >= 15 is 0 Å². The van der Waals surface area contributed by atoms with Gasteiger partial charge in [-0.25, -0.2) is 4.99 Å². The molecule has 0 saturated carbocycles. The number of rotatable bonds is 3. The Morgan fingerprint density at radius 2 is 2.08 bits per heavy atom. The van der Waals surface area contributed by atoms with Gasteiger partial charge < -0.3 is 10.8 Å². The van der Waals surface area contributed by atoms with Gasteiger partial charge in [-0.1, -0.05) is 0 Å². The van der Waals surface area contributed by atoms with Gasteiger partial charge in [0.1, 0.15) is 0 Å². The summed E-state index contributed by atoms with van der Waals surface area (Å²) in [5.74, 6) is 0.501. The van der Waals surface area contributed by atoms with Gasteiger partial charge in [0.05, 0.1) is 12.6 Å². The van der Waals surface area contributed by atoms with Crippen LogP contribution in [0.2, 0.25) is 0 Å². The molecular formula is C9H17N3O. The first kappa shape index (κ1) is 11.8. The number of aliphatic hydroxyl groups excluding tert-OH is 1. The molecule has 0 saturated heterocycles. The predicted octanol–water partition coefficient (Wildman–Crippen LogP) is 0.719. The molecule has 0 aromatic heterocycles. The Hall–Kier alpha value is -1.16. The molecule has 1 atom stereocenters. The van der Waals surface area contributed by atoms with Gasteiger partial charge in [0.25, 0.3) is 0 Å². The molecule has 0 heterocycles. The number of hydrogen-bond donors (Lipinski definition) is 2. The molecule has 0 bridgehead atoms. The molecule has 0 radical (unpaired) electrons. The molecule has 4 nitrogen and oxygen atoms in total. The molecule has 0 aliphatic rings. The largest absolute Gasteiger partial charge is 0.402 e. The first-order valence-corrected chi connectivity index (χ1v) is 4.11. The SMILES string of the molecule is C=NC(=NC[C@@H](C)O)C(C)=C(C)N. The Balaban J connectivity index is 4.61. The lowest BCUT2D eigenvalue weighted by molar-refractivity contribution is 0.204. The molecule has 3 N–H and O–H groups in total. The molecule has 0 aliphatic carbocycles. The van der Waals surface area contributed by atoms with Crippen molar-refractivity contribution in [2.24, 2.45) is 15.7 Å². The monoisotopic (exact) mass is 183 g/mol. The van der Waals surface area contributed by atoms with Gasteiger partial charge in [-0.05, 0) is 27.5 Å². The minimum absolute atomic E-state index is 0.318. The third-order valence-electron chi connectivity index (χ3n) is 1.58. The summed E-state index contributed by atoms with van der Waals surface area (Å²) in [5, 5.41) is 9.00. The number of allylic oxidation sites excluding steroid dienone is 1. The molecule has 13 heavy (non-hydrogen) atoms. The third kappa shape index (κ3) is 4.42. The van der Waals surface area contributed by atoms with Crippen LogP contribution >= 0.6 is 0 Å².